The Labute approximate surface area is 73.4 Å². The molecule has 0 aromatic heterocycles. The zero-order valence-corrected chi connectivity index (χ0v) is 7.25. The number of aryl methyl sites for hydroxylation is 1. The van der Waals surface area contributed by atoms with Gasteiger partial charge in [0.2, 0.25) is 0 Å². The molecular weight excluding hydrogens is 148 g/mol. The molecule has 1 heterocycles. The maximum absolute atomic E-state index is 5.43. The third-order valence-corrected chi connectivity index (χ3v) is 2.37. The van der Waals surface area contributed by atoms with Gasteiger partial charge in [-0.3, -0.25) is 0 Å². The Morgan fingerprint density at radius 1 is 0.917 bits per heavy atom. The summed E-state index contributed by atoms with van der Waals surface area (Å²) in [6.45, 7) is 1.81. The summed E-state index contributed by atoms with van der Waals surface area (Å²) in [6.07, 6.45) is 3.42. The molecule has 1 nitrogen and oxygen atoms in total. The Morgan fingerprint density at radius 2 is 1.67 bits per heavy atom. The monoisotopic (exact) mass is 162 g/mol. The first-order valence-electron chi connectivity index (χ1n) is 4.61. The number of benzene rings is 1. The fourth-order valence-corrected chi connectivity index (χ4v) is 1.69. The molecule has 12 heavy (non-hydrogen) atoms. The van der Waals surface area contributed by atoms with Gasteiger partial charge >= 0.3 is 0 Å². The number of ether oxygens (including phenoxy) is 1. The maximum atomic E-state index is 5.43. The molecule has 0 N–H and O–H groups in total. The molecule has 0 fully saturated rings. The highest BCUT2D eigenvalue weighted by Crippen LogP contribution is 2.14. The predicted molar refractivity (Wildman–Crippen MR) is 49.3 cm³/mol. The highest BCUT2D eigenvalue weighted by atomic mass is 16.5. The van der Waals surface area contributed by atoms with Gasteiger partial charge in [-0.05, 0) is 30.4 Å². The third-order valence-electron chi connectivity index (χ3n) is 2.37. The van der Waals surface area contributed by atoms with Crippen LogP contribution in [0.5, 0.6) is 0 Å². The zero-order valence-electron chi connectivity index (χ0n) is 7.25. The summed E-state index contributed by atoms with van der Waals surface area (Å²) in [6, 6.07) is 8.69. The van der Waals surface area contributed by atoms with Gasteiger partial charge in [-0.25, -0.2) is 0 Å². The quantitative estimate of drug-likeness (QED) is 0.568. The summed E-state index contributed by atoms with van der Waals surface area (Å²) in [5.41, 5.74) is 2.98. The summed E-state index contributed by atoms with van der Waals surface area (Å²) >= 11 is 0. The van der Waals surface area contributed by atoms with E-state index < -0.39 is 0 Å². The topological polar surface area (TPSA) is 9.23 Å². The lowest BCUT2D eigenvalue weighted by Crippen LogP contribution is -2.07. The van der Waals surface area contributed by atoms with Gasteiger partial charge < -0.3 is 4.74 Å². The van der Waals surface area contributed by atoms with E-state index >= 15 is 0 Å². The van der Waals surface area contributed by atoms with E-state index in [-0.39, 0.29) is 0 Å². The van der Waals surface area contributed by atoms with Gasteiger partial charge in [-0.1, -0.05) is 24.3 Å². The SMILES string of the molecule is c1ccc2c(c1)CCCOCC2. The average Bonchev–Trinajstić information content (AvgIpc) is 2.06. The number of hydrogen-bond donors (Lipinski definition) is 0. The Balaban J connectivity index is 2.24. The van der Waals surface area contributed by atoms with Crippen molar-refractivity contribution in [1.82, 2.24) is 0 Å². The molecule has 1 aromatic carbocycles. The Morgan fingerprint density at radius 3 is 2.50 bits per heavy atom. The number of hydrogen-bond acceptors (Lipinski definition) is 1. The van der Waals surface area contributed by atoms with E-state index in [1.807, 2.05) is 0 Å². The highest BCUT2D eigenvalue weighted by Gasteiger charge is 2.04. The fourth-order valence-electron chi connectivity index (χ4n) is 1.69. The van der Waals surface area contributed by atoms with Crippen molar-refractivity contribution >= 4 is 0 Å². The van der Waals surface area contributed by atoms with Crippen molar-refractivity contribution in [3.63, 3.8) is 0 Å². The molecule has 0 saturated heterocycles. The lowest BCUT2D eigenvalue weighted by molar-refractivity contribution is 0.131. The zero-order chi connectivity index (χ0) is 8.23. The molecule has 0 bridgehead atoms. The largest absolute Gasteiger partial charge is 0.381 e. The van der Waals surface area contributed by atoms with Gasteiger partial charge in [0.25, 0.3) is 0 Å². The highest BCUT2D eigenvalue weighted by molar-refractivity contribution is 5.27. The van der Waals surface area contributed by atoms with Crippen LogP contribution in [-0.2, 0) is 17.6 Å². The van der Waals surface area contributed by atoms with E-state index in [4.69, 9.17) is 4.74 Å². The van der Waals surface area contributed by atoms with E-state index in [2.05, 4.69) is 24.3 Å². The first-order valence-corrected chi connectivity index (χ1v) is 4.61. The van der Waals surface area contributed by atoms with Crippen molar-refractivity contribution in [3.8, 4) is 0 Å². The second kappa shape index (κ2) is 3.72. The van der Waals surface area contributed by atoms with Crippen LogP contribution in [-0.4, -0.2) is 13.2 Å². The third kappa shape index (κ3) is 1.67. The standard InChI is InChI=1S/C11H14O/c1-2-5-11-7-9-12-8-3-6-10(11)4-1/h1-2,4-5H,3,6-9H2. The Bertz CT molecular complexity index is 228. The normalized spacial score (nSPS) is 17.7. The van der Waals surface area contributed by atoms with Gasteiger partial charge in [0.15, 0.2) is 0 Å². The van der Waals surface area contributed by atoms with Gasteiger partial charge in [0, 0.05) is 6.61 Å². The molecule has 2 rings (SSSR count). The van der Waals surface area contributed by atoms with Gasteiger partial charge in [-0.2, -0.15) is 0 Å². The smallest absolute Gasteiger partial charge is 0.0506 e. The minimum Gasteiger partial charge on any atom is -0.381 e. The van der Waals surface area contributed by atoms with Gasteiger partial charge in [0.05, 0.1) is 6.61 Å². The molecule has 1 heteroatoms. The van der Waals surface area contributed by atoms with Gasteiger partial charge in [-0.15, -0.1) is 0 Å². The summed E-state index contributed by atoms with van der Waals surface area (Å²) in [5.74, 6) is 0. The van der Waals surface area contributed by atoms with Gasteiger partial charge in [0.1, 0.15) is 0 Å². The molecule has 0 saturated carbocycles. The molecule has 1 aliphatic rings. The van der Waals surface area contributed by atoms with E-state index in [0.717, 1.165) is 26.1 Å². The van der Waals surface area contributed by atoms with E-state index in [1.54, 1.807) is 0 Å². The Hall–Kier alpha value is -0.820. The second-order valence-corrected chi connectivity index (χ2v) is 3.23. The second-order valence-electron chi connectivity index (χ2n) is 3.23. The van der Waals surface area contributed by atoms with E-state index in [1.165, 1.54) is 17.5 Å². The lowest BCUT2D eigenvalue weighted by atomic mass is 10.0. The van der Waals surface area contributed by atoms with Crippen LogP contribution in [0.25, 0.3) is 0 Å². The van der Waals surface area contributed by atoms with Crippen molar-refractivity contribution in [2.24, 2.45) is 0 Å². The maximum Gasteiger partial charge on any atom is 0.0506 e. The van der Waals surface area contributed by atoms with Crippen molar-refractivity contribution in [3.05, 3.63) is 35.4 Å². The van der Waals surface area contributed by atoms with Crippen molar-refractivity contribution in [1.29, 1.82) is 0 Å². The molecule has 0 unspecified atom stereocenters. The number of rotatable bonds is 0. The van der Waals surface area contributed by atoms with E-state index in [0.29, 0.717) is 0 Å². The van der Waals surface area contributed by atoms with Crippen molar-refractivity contribution in [2.45, 2.75) is 19.3 Å². The average molecular weight is 162 g/mol. The molecule has 1 aliphatic heterocycles. The predicted octanol–water partition coefficient (Wildman–Crippen LogP) is 2.19. The van der Waals surface area contributed by atoms with Crippen LogP contribution in [0.3, 0.4) is 0 Å². The van der Waals surface area contributed by atoms with Crippen LogP contribution in [0.2, 0.25) is 0 Å². The molecular formula is C11H14O. The first kappa shape index (κ1) is 7.81. The molecule has 64 valence electrons. The molecule has 0 atom stereocenters. The summed E-state index contributed by atoms with van der Waals surface area (Å²) in [4.78, 5) is 0. The molecule has 1 aromatic rings. The van der Waals surface area contributed by atoms with Crippen LogP contribution in [0.4, 0.5) is 0 Å². The van der Waals surface area contributed by atoms with Crippen LogP contribution >= 0.6 is 0 Å². The van der Waals surface area contributed by atoms with Crippen LogP contribution < -0.4 is 0 Å². The minimum absolute atomic E-state index is 0.886. The molecule has 0 amide bonds. The molecule has 0 radical (unpaired) electrons. The number of fused-ring (bicyclic) bond motifs is 1. The first-order chi connectivity index (χ1) is 5.97. The fraction of sp³-hybridized carbons (Fsp3) is 0.455. The summed E-state index contributed by atoms with van der Waals surface area (Å²) in [7, 11) is 0. The Kier molecular flexibility index (Phi) is 2.42. The molecule has 0 spiro atoms. The van der Waals surface area contributed by atoms with Crippen molar-refractivity contribution in [2.75, 3.05) is 13.2 Å². The summed E-state index contributed by atoms with van der Waals surface area (Å²) < 4.78 is 5.43. The lowest BCUT2D eigenvalue weighted by Gasteiger charge is -2.13. The molecule has 0 aliphatic carbocycles. The minimum atomic E-state index is 0.886. The summed E-state index contributed by atoms with van der Waals surface area (Å²) in [5, 5.41) is 0. The van der Waals surface area contributed by atoms with E-state index in [9.17, 15) is 0 Å². The van der Waals surface area contributed by atoms with Crippen molar-refractivity contribution < 1.29 is 4.74 Å². The van der Waals surface area contributed by atoms with Crippen LogP contribution in [0.15, 0.2) is 24.3 Å². The van der Waals surface area contributed by atoms with Crippen LogP contribution in [0, 0.1) is 0 Å². The van der Waals surface area contributed by atoms with Crippen LogP contribution in [0.1, 0.15) is 17.5 Å².